The second kappa shape index (κ2) is 8.63. The molecule has 1 heterocycles. The Hall–Kier alpha value is -2.39. The summed E-state index contributed by atoms with van der Waals surface area (Å²) < 4.78 is 7.43. The van der Waals surface area contributed by atoms with Gasteiger partial charge < -0.3 is 15.9 Å². The molecule has 25 heavy (non-hydrogen) atoms. The van der Waals surface area contributed by atoms with E-state index in [1.54, 1.807) is 29.2 Å². The molecule has 1 aromatic carbocycles. The lowest BCUT2D eigenvalue weighted by molar-refractivity contribution is -0.139. The van der Waals surface area contributed by atoms with Crippen LogP contribution in [-0.4, -0.2) is 35.3 Å². The number of carbonyl (C=O) groups excluding carboxylic acids is 2. The monoisotopic (exact) mass is 344 g/mol. The van der Waals surface area contributed by atoms with E-state index in [-0.39, 0.29) is 17.7 Å². The smallest absolute Gasteiger partial charge is 0.243 e. The highest BCUT2D eigenvalue weighted by Gasteiger charge is 2.36. The third-order valence-electron chi connectivity index (χ3n) is 4.39. The second-order valence-corrected chi connectivity index (χ2v) is 6.90. The highest BCUT2D eigenvalue weighted by Crippen LogP contribution is 2.20. The maximum Gasteiger partial charge on any atom is 0.243 e. The second-order valence-electron chi connectivity index (χ2n) is 6.90. The number of rotatable bonds is 7. The van der Waals surface area contributed by atoms with Gasteiger partial charge in [-0.05, 0) is 42.9 Å². The molecule has 0 aliphatic carbocycles. The lowest BCUT2D eigenvalue weighted by atomic mass is 10.0. The van der Waals surface area contributed by atoms with Crippen LogP contribution in [-0.2, 0) is 16.1 Å². The van der Waals surface area contributed by atoms with Crippen molar-refractivity contribution in [2.45, 2.75) is 51.7 Å². The zero-order chi connectivity index (χ0) is 19.1. The van der Waals surface area contributed by atoms with Crippen LogP contribution in [0.3, 0.4) is 0 Å². The fourth-order valence-corrected chi connectivity index (χ4v) is 3.08. The molecule has 1 aromatic rings. The third-order valence-corrected chi connectivity index (χ3v) is 4.39. The quantitative estimate of drug-likeness (QED) is 0.783. The van der Waals surface area contributed by atoms with Crippen molar-refractivity contribution in [3.8, 4) is 6.07 Å². The molecule has 1 saturated heterocycles. The minimum absolute atomic E-state index is 0.173. The van der Waals surface area contributed by atoms with E-state index in [9.17, 15) is 9.59 Å². The van der Waals surface area contributed by atoms with Crippen LogP contribution in [0.15, 0.2) is 24.3 Å². The number of benzene rings is 1. The van der Waals surface area contributed by atoms with Crippen LogP contribution in [0.2, 0.25) is 1.41 Å². The number of hydrogen-bond acceptors (Lipinski definition) is 4. The fourth-order valence-electron chi connectivity index (χ4n) is 3.08. The number of nitriles is 1. The van der Waals surface area contributed by atoms with Gasteiger partial charge in [0.1, 0.15) is 7.45 Å². The van der Waals surface area contributed by atoms with Crippen molar-refractivity contribution in [2.75, 3.05) is 6.54 Å². The number of nitrogens with zero attached hydrogens (tertiary/aromatic N) is 2. The van der Waals surface area contributed by atoms with Crippen LogP contribution in [0, 0.1) is 17.2 Å². The van der Waals surface area contributed by atoms with Crippen LogP contribution in [0.4, 0.5) is 0 Å². The van der Waals surface area contributed by atoms with E-state index in [4.69, 9.17) is 6.67 Å². The van der Waals surface area contributed by atoms with E-state index in [1.165, 1.54) is 0 Å². The Morgan fingerprint density at radius 3 is 2.76 bits per heavy atom. The van der Waals surface area contributed by atoms with E-state index < -0.39 is 12.1 Å². The number of hydrogen-bond donors (Lipinski definition) is 2. The van der Waals surface area contributed by atoms with E-state index in [1.807, 2.05) is 13.8 Å². The summed E-state index contributed by atoms with van der Waals surface area (Å²) in [5.41, 5.74) is 3.82. The fraction of sp³-hybridized carbons (Fsp3) is 0.526. The van der Waals surface area contributed by atoms with Gasteiger partial charge in [-0.2, -0.15) is 5.26 Å². The molecule has 1 unspecified atom stereocenters. The number of carbonyl (C=O) groups is 2. The lowest BCUT2D eigenvalue weighted by Crippen LogP contribution is -2.51. The van der Waals surface area contributed by atoms with Gasteiger partial charge in [0, 0.05) is 13.1 Å². The predicted octanol–water partition coefficient (Wildman–Crippen LogP) is 1.54. The van der Waals surface area contributed by atoms with Gasteiger partial charge in [0.2, 0.25) is 11.8 Å². The number of likely N-dealkylation sites (tertiary alicyclic amines) is 1. The molecule has 1 aliphatic rings. The Balaban J connectivity index is 1.96. The van der Waals surface area contributed by atoms with Gasteiger partial charge in [-0.25, -0.2) is 0 Å². The van der Waals surface area contributed by atoms with E-state index in [0.29, 0.717) is 31.5 Å². The van der Waals surface area contributed by atoms with Crippen LogP contribution >= 0.6 is 0 Å². The first kappa shape index (κ1) is 17.4. The van der Waals surface area contributed by atoms with Gasteiger partial charge >= 0.3 is 0 Å². The average molecular weight is 344 g/mol. The van der Waals surface area contributed by atoms with Crippen LogP contribution in [0.25, 0.3) is 0 Å². The highest BCUT2D eigenvalue weighted by atomic mass is 16.2. The molecule has 1 fully saturated rings. The van der Waals surface area contributed by atoms with Crippen LogP contribution in [0.1, 0.15) is 44.2 Å². The molecule has 2 rings (SSSR count). The van der Waals surface area contributed by atoms with Crippen molar-refractivity contribution in [1.29, 1.82) is 5.26 Å². The summed E-state index contributed by atoms with van der Waals surface area (Å²) in [6, 6.07) is 8.03. The first-order valence-corrected chi connectivity index (χ1v) is 8.70. The molecule has 1 aliphatic heterocycles. The maximum absolute atomic E-state index is 12.7. The molecule has 2 amide bonds. The Kier molecular flexibility index (Phi) is 6.02. The van der Waals surface area contributed by atoms with Gasteiger partial charge in [0.05, 0.1) is 17.7 Å². The standard InChI is InChI=1S/C19H26N4O2/c1-13(2)10-16(21)19(25)23-9-3-4-17(23)18(24)22-12-15-7-5-14(11-20)6-8-15/h5-8,13,16-17H,3-4,9-10,12,21H2,1-2H3,(H,22,24)/t16?,17-/m0/s1/i/hT. The predicted molar refractivity (Wildman–Crippen MR) is 95.2 cm³/mol. The maximum atomic E-state index is 12.7. The SMILES string of the molecule is [3H]NC(CC(C)C)C(=O)N1CCC[C@H]1C(=O)NCc1ccc(C#N)cc1. The lowest BCUT2D eigenvalue weighted by Gasteiger charge is -2.27. The van der Waals surface area contributed by atoms with Crippen LogP contribution in [0.5, 0.6) is 0 Å². The molecule has 0 bridgehead atoms. The van der Waals surface area contributed by atoms with Gasteiger partial charge in [-0.1, -0.05) is 26.0 Å². The van der Waals surface area contributed by atoms with Crippen molar-refractivity contribution in [2.24, 2.45) is 11.6 Å². The zero-order valence-corrected chi connectivity index (χ0v) is 14.8. The molecular weight excluding hydrogens is 316 g/mol. The summed E-state index contributed by atoms with van der Waals surface area (Å²) in [5, 5.41) is 11.7. The highest BCUT2D eigenvalue weighted by molar-refractivity contribution is 5.90. The summed E-state index contributed by atoms with van der Waals surface area (Å²) in [6.07, 6.45) is 1.99. The summed E-state index contributed by atoms with van der Waals surface area (Å²) in [4.78, 5) is 26.9. The molecule has 0 aromatic heterocycles. The van der Waals surface area contributed by atoms with Crippen LogP contribution < -0.4 is 11.0 Å². The molecule has 0 radical (unpaired) electrons. The van der Waals surface area contributed by atoms with E-state index in [0.717, 1.165) is 12.0 Å². The first-order valence-electron chi connectivity index (χ1n) is 9.20. The molecule has 3 N–H and O–H groups in total. The van der Waals surface area contributed by atoms with E-state index >= 15 is 0 Å². The molecule has 0 spiro atoms. The van der Waals surface area contributed by atoms with Crippen molar-refractivity contribution >= 4 is 11.8 Å². The van der Waals surface area contributed by atoms with Gasteiger partial charge in [-0.15, -0.1) is 0 Å². The van der Waals surface area contributed by atoms with Crippen molar-refractivity contribution in [1.82, 2.24) is 10.2 Å². The Bertz CT molecular complexity index is 669. The molecule has 0 saturated carbocycles. The largest absolute Gasteiger partial charge is 0.350 e. The summed E-state index contributed by atoms with van der Waals surface area (Å²) in [6.45, 7) is 4.91. The summed E-state index contributed by atoms with van der Waals surface area (Å²) in [7, 11) is 0. The van der Waals surface area contributed by atoms with Gasteiger partial charge in [-0.3, -0.25) is 9.59 Å². The first-order chi connectivity index (χ1) is 12.5. The topological polar surface area (TPSA) is 99.2 Å². The number of amides is 2. The molecular formula is C19H26N4O2. The third kappa shape index (κ3) is 5.04. The van der Waals surface area contributed by atoms with E-state index in [2.05, 4.69) is 17.1 Å². The van der Waals surface area contributed by atoms with Gasteiger partial charge in [0.25, 0.3) is 0 Å². The number of nitrogens with one attached hydrogen (secondary N) is 1. The Labute approximate surface area is 150 Å². The van der Waals surface area contributed by atoms with Gasteiger partial charge in [0.15, 0.2) is 0 Å². The summed E-state index contributed by atoms with van der Waals surface area (Å²) >= 11 is 0. The number of nitrogens with two attached hydrogens (primary N) is 1. The summed E-state index contributed by atoms with van der Waals surface area (Å²) in [5.74, 6) is -0.0636. The normalized spacial score (nSPS) is 18.6. The molecule has 2 atom stereocenters. The van der Waals surface area contributed by atoms with Crippen molar-refractivity contribution in [3.05, 3.63) is 35.4 Å². The zero-order valence-electron chi connectivity index (χ0n) is 15.8. The van der Waals surface area contributed by atoms with Crippen molar-refractivity contribution < 1.29 is 11.0 Å². The Morgan fingerprint density at radius 2 is 2.16 bits per heavy atom. The minimum atomic E-state index is -0.582. The molecule has 6 nitrogen and oxygen atoms in total. The molecule has 6 heteroatoms. The molecule has 134 valence electrons. The Morgan fingerprint density at radius 1 is 1.44 bits per heavy atom. The average Bonchev–Trinajstić information content (AvgIpc) is 3.13. The van der Waals surface area contributed by atoms with Crippen molar-refractivity contribution in [3.63, 3.8) is 0 Å². The minimum Gasteiger partial charge on any atom is -0.350 e.